The van der Waals surface area contributed by atoms with Crippen LogP contribution in [0.3, 0.4) is 0 Å². The molecule has 0 aromatic heterocycles. The second-order valence-corrected chi connectivity index (χ2v) is 7.14. The molecule has 2 aromatic carbocycles. The van der Waals surface area contributed by atoms with E-state index in [9.17, 15) is 14.4 Å². The van der Waals surface area contributed by atoms with E-state index in [0.717, 1.165) is 5.56 Å². The summed E-state index contributed by atoms with van der Waals surface area (Å²) < 4.78 is 16.1. The summed E-state index contributed by atoms with van der Waals surface area (Å²) >= 11 is 0. The van der Waals surface area contributed by atoms with Gasteiger partial charge in [0.05, 0.1) is 12.8 Å². The molecule has 2 aromatic rings. The highest BCUT2D eigenvalue weighted by Crippen LogP contribution is 2.28. The topological polar surface area (TPSA) is 127 Å². The largest absolute Gasteiger partial charge is 0.490 e. The fraction of sp³-hybridized carbons (Fsp3) is 0.333. The van der Waals surface area contributed by atoms with Crippen LogP contribution < -0.4 is 25.5 Å². The van der Waals surface area contributed by atoms with Crippen molar-refractivity contribution in [3.8, 4) is 11.5 Å². The van der Waals surface area contributed by atoms with Gasteiger partial charge in [-0.15, -0.1) is 0 Å². The van der Waals surface area contributed by atoms with E-state index in [1.54, 1.807) is 25.3 Å². The molecular weight excluding hydrogens is 440 g/mol. The minimum atomic E-state index is -0.877. The molecule has 10 nitrogen and oxygen atoms in total. The summed E-state index contributed by atoms with van der Waals surface area (Å²) in [5, 5.41) is 9.02. The summed E-state index contributed by atoms with van der Waals surface area (Å²) in [6.45, 7) is 4.78. The molecule has 10 heteroatoms. The zero-order chi connectivity index (χ0) is 24.8. The van der Waals surface area contributed by atoms with Gasteiger partial charge in [0.25, 0.3) is 5.91 Å². The Balaban J connectivity index is 1.89. The molecular formula is C24H30N4O6. The Bertz CT molecular complexity index is 991. The summed E-state index contributed by atoms with van der Waals surface area (Å²) in [6.07, 6.45) is 1.97. The molecule has 0 unspecified atom stereocenters. The molecule has 0 radical (unpaired) electrons. The van der Waals surface area contributed by atoms with Crippen molar-refractivity contribution < 1.29 is 28.6 Å². The Hall–Kier alpha value is -3.92. The summed E-state index contributed by atoms with van der Waals surface area (Å²) in [7, 11) is 1.56. The van der Waals surface area contributed by atoms with Gasteiger partial charge >= 0.3 is 11.8 Å². The van der Waals surface area contributed by atoms with Crippen LogP contribution in [0.25, 0.3) is 0 Å². The molecule has 0 fully saturated rings. The van der Waals surface area contributed by atoms with E-state index >= 15 is 0 Å². The quantitative estimate of drug-likeness (QED) is 0.188. The first-order valence-electron chi connectivity index (χ1n) is 10.8. The number of carbonyl (C=O) groups excluding carboxylic acids is 3. The van der Waals surface area contributed by atoms with Crippen LogP contribution in [0.2, 0.25) is 0 Å². The summed E-state index contributed by atoms with van der Waals surface area (Å²) in [6, 6.07) is 12.4. The van der Waals surface area contributed by atoms with Crippen molar-refractivity contribution in [2.75, 3.05) is 38.8 Å². The van der Waals surface area contributed by atoms with Crippen LogP contribution in [-0.2, 0) is 19.1 Å². The lowest BCUT2D eigenvalue weighted by atomic mass is 10.2. The van der Waals surface area contributed by atoms with E-state index in [4.69, 9.17) is 14.2 Å². The Kier molecular flexibility index (Phi) is 11.1. The Labute approximate surface area is 198 Å². The number of amides is 3. The van der Waals surface area contributed by atoms with Gasteiger partial charge in [0.15, 0.2) is 18.1 Å². The Morgan fingerprint density at radius 2 is 1.76 bits per heavy atom. The number of aryl methyl sites for hydroxylation is 1. The molecule has 2 rings (SSSR count). The van der Waals surface area contributed by atoms with Gasteiger partial charge in [0.2, 0.25) is 0 Å². The summed E-state index contributed by atoms with van der Waals surface area (Å²) in [4.78, 5) is 35.6. The Morgan fingerprint density at radius 3 is 2.47 bits per heavy atom. The second kappa shape index (κ2) is 14.3. The molecule has 3 amide bonds. The van der Waals surface area contributed by atoms with Crippen LogP contribution in [0.5, 0.6) is 11.5 Å². The molecule has 0 spiro atoms. The van der Waals surface area contributed by atoms with Crippen LogP contribution in [0.15, 0.2) is 47.6 Å². The van der Waals surface area contributed by atoms with E-state index in [1.165, 1.54) is 6.21 Å². The number of nitrogens with zero attached hydrogens (tertiary/aromatic N) is 1. The third-order valence-corrected chi connectivity index (χ3v) is 4.36. The molecule has 34 heavy (non-hydrogen) atoms. The lowest BCUT2D eigenvalue weighted by molar-refractivity contribution is -0.139. The van der Waals surface area contributed by atoms with Crippen LogP contribution >= 0.6 is 0 Å². The van der Waals surface area contributed by atoms with Crippen molar-refractivity contribution in [3.05, 3.63) is 53.6 Å². The van der Waals surface area contributed by atoms with Gasteiger partial charge in [-0.05, 0) is 56.2 Å². The number of rotatable bonds is 12. The second-order valence-electron chi connectivity index (χ2n) is 7.14. The Morgan fingerprint density at radius 1 is 1.00 bits per heavy atom. The monoisotopic (exact) mass is 470 g/mol. The van der Waals surface area contributed by atoms with Gasteiger partial charge in [0.1, 0.15) is 0 Å². The minimum Gasteiger partial charge on any atom is -0.490 e. The van der Waals surface area contributed by atoms with E-state index in [0.29, 0.717) is 48.9 Å². The standard InChI is InChI=1S/C24H30N4O6/c1-4-33-21-14-18(15-26-28-24(31)23(30)25-12-5-13-32-3)8-11-20(21)34-16-22(29)27-19-9-6-17(2)7-10-19/h6-11,14-15H,4-5,12-13,16H2,1-3H3,(H,25,30)(H,27,29)(H,28,31)/b26-15-. The molecule has 182 valence electrons. The smallest absolute Gasteiger partial charge is 0.329 e. The van der Waals surface area contributed by atoms with E-state index < -0.39 is 11.8 Å². The van der Waals surface area contributed by atoms with Crippen LogP contribution in [0.4, 0.5) is 5.69 Å². The number of hydrazone groups is 1. The van der Waals surface area contributed by atoms with Crippen molar-refractivity contribution in [1.82, 2.24) is 10.7 Å². The summed E-state index contributed by atoms with van der Waals surface area (Å²) in [5.74, 6) is -1.16. The molecule has 0 atom stereocenters. The number of hydrogen-bond acceptors (Lipinski definition) is 7. The van der Waals surface area contributed by atoms with Gasteiger partial charge in [-0.2, -0.15) is 5.10 Å². The number of anilines is 1. The maximum atomic E-state index is 12.2. The van der Waals surface area contributed by atoms with E-state index in [1.807, 2.05) is 38.1 Å². The molecule has 3 N–H and O–H groups in total. The van der Waals surface area contributed by atoms with Gasteiger partial charge in [-0.3, -0.25) is 14.4 Å². The molecule has 0 aliphatic rings. The third kappa shape index (κ3) is 9.29. The molecule has 0 saturated carbocycles. The van der Waals surface area contributed by atoms with Gasteiger partial charge < -0.3 is 24.8 Å². The zero-order valence-electron chi connectivity index (χ0n) is 19.6. The first-order valence-corrected chi connectivity index (χ1v) is 10.8. The summed E-state index contributed by atoms with van der Waals surface area (Å²) in [5.41, 5.74) is 4.54. The van der Waals surface area contributed by atoms with Crippen LogP contribution in [0, 0.1) is 6.92 Å². The van der Waals surface area contributed by atoms with Crippen LogP contribution in [0.1, 0.15) is 24.5 Å². The predicted molar refractivity (Wildman–Crippen MR) is 128 cm³/mol. The number of carbonyl (C=O) groups is 3. The fourth-order valence-corrected chi connectivity index (χ4v) is 2.68. The van der Waals surface area contributed by atoms with E-state index in [-0.39, 0.29) is 12.5 Å². The number of hydrogen-bond donors (Lipinski definition) is 3. The molecule has 0 saturated heterocycles. The lowest BCUT2D eigenvalue weighted by Gasteiger charge is -2.12. The van der Waals surface area contributed by atoms with Gasteiger partial charge in [-0.25, -0.2) is 5.43 Å². The molecule has 0 aliphatic carbocycles. The normalized spacial score (nSPS) is 10.6. The van der Waals surface area contributed by atoms with Crippen molar-refractivity contribution in [2.45, 2.75) is 20.3 Å². The highest BCUT2D eigenvalue weighted by molar-refractivity contribution is 6.35. The van der Waals surface area contributed by atoms with E-state index in [2.05, 4.69) is 21.2 Å². The maximum absolute atomic E-state index is 12.2. The van der Waals surface area contributed by atoms with Crippen molar-refractivity contribution >= 4 is 29.6 Å². The fourth-order valence-electron chi connectivity index (χ4n) is 2.68. The van der Waals surface area contributed by atoms with Crippen molar-refractivity contribution in [1.29, 1.82) is 0 Å². The SMILES string of the molecule is CCOc1cc(/C=N\NC(=O)C(=O)NCCCOC)ccc1OCC(=O)Nc1ccc(C)cc1. The highest BCUT2D eigenvalue weighted by Gasteiger charge is 2.12. The van der Waals surface area contributed by atoms with Crippen LogP contribution in [-0.4, -0.2) is 57.4 Å². The first kappa shape index (κ1) is 26.3. The molecule has 0 bridgehead atoms. The average Bonchev–Trinajstić information content (AvgIpc) is 2.82. The van der Waals surface area contributed by atoms with Gasteiger partial charge in [0, 0.05) is 25.9 Å². The third-order valence-electron chi connectivity index (χ3n) is 4.36. The maximum Gasteiger partial charge on any atom is 0.329 e. The first-order chi connectivity index (χ1) is 16.4. The zero-order valence-corrected chi connectivity index (χ0v) is 19.6. The highest BCUT2D eigenvalue weighted by atomic mass is 16.5. The van der Waals surface area contributed by atoms with Crippen molar-refractivity contribution in [3.63, 3.8) is 0 Å². The molecule has 0 aliphatic heterocycles. The molecule has 0 heterocycles. The number of ether oxygens (including phenoxy) is 3. The number of benzene rings is 2. The minimum absolute atomic E-state index is 0.197. The number of methoxy groups -OCH3 is 1. The number of nitrogens with one attached hydrogen (secondary N) is 3. The predicted octanol–water partition coefficient (Wildman–Crippen LogP) is 2.01. The van der Waals surface area contributed by atoms with Gasteiger partial charge in [-0.1, -0.05) is 17.7 Å². The van der Waals surface area contributed by atoms with Crippen molar-refractivity contribution in [2.24, 2.45) is 5.10 Å². The average molecular weight is 471 g/mol. The lowest BCUT2D eigenvalue weighted by Crippen LogP contribution is -2.38.